The van der Waals surface area contributed by atoms with E-state index >= 15 is 0 Å². The Labute approximate surface area is 102 Å². The van der Waals surface area contributed by atoms with Crippen LogP contribution < -0.4 is 5.32 Å². The number of nitrogens with one attached hydrogen (secondary N) is 1. The lowest BCUT2D eigenvalue weighted by Gasteiger charge is -2.07. The molecular formula is C14H19N3. The first-order valence-corrected chi connectivity index (χ1v) is 5.90. The van der Waals surface area contributed by atoms with E-state index in [0.29, 0.717) is 0 Å². The molecule has 3 nitrogen and oxygen atoms in total. The Morgan fingerprint density at radius 2 is 2.00 bits per heavy atom. The lowest BCUT2D eigenvalue weighted by atomic mass is 10.2. The lowest BCUT2D eigenvalue weighted by Crippen LogP contribution is -2.06. The minimum Gasteiger partial charge on any atom is -0.316 e. The number of hydrogen-bond acceptors (Lipinski definition) is 2. The molecule has 0 aliphatic heterocycles. The van der Waals surface area contributed by atoms with Crippen LogP contribution in [0.4, 0.5) is 0 Å². The fourth-order valence-corrected chi connectivity index (χ4v) is 1.97. The van der Waals surface area contributed by atoms with Crippen molar-refractivity contribution in [3.05, 3.63) is 46.8 Å². The number of benzene rings is 1. The average Bonchev–Trinajstić information content (AvgIpc) is 2.58. The average molecular weight is 229 g/mol. The van der Waals surface area contributed by atoms with Gasteiger partial charge in [0, 0.05) is 12.2 Å². The molecule has 0 aliphatic rings. The third kappa shape index (κ3) is 2.24. The number of nitrogens with zero attached hydrogens (tertiary/aromatic N) is 2. The molecule has 1 heterocycles. The quantitative estimate of drug-likeness (QED) is 0.876. The molecule has 0 saturated carbocycles. The van der Waals surface area contributed by atoms with E-state index in [1.165, 1.54) is 16.8 Å². The van der Waals surface area contributed by atoms with Crippen molar-refractivity contribution in [1.29, 1.82) is 0 Å². The number of rotatable bonds is 3. The van der Waals surface area contributed by atoms with E-state index in [2.05, 4.69) is 55.5 Å². The number of aryl methyl sites for hydroxylation is 1. The summed E-state index contributed by atoms with van der Waals surface area (Å²) in [7, 11) is 1.96. The van der Waals surface area contributed by atoms with Crippen LogP contribution in [-0.4, -0.2) is 16.8 Å². The minimum absolute atomic E-state index is 0.881. The van der Waals surface area contributed by atoms with E-state index in [4.69, 9.17) is 0 Å². The van der Waals surface area contributed by atoms with Crippen LogP contribution >= 0.6 is 0 Å². The van der Waals surface area contributed by atoms with Gasteiger partial charge in [-0.25, -0.2) is 4.68 Å². The monoisotopic (exact) mass is 229 g/mol. The Hall–Kier alpha value is -1.61. The van der Waals surface area contributed by atoms with Crippen molar-refractivity contribution >= 4 is 0 Å². The molecule has 0 bridgehead atoms. The Morgan fingerprint density at radius 1 is 1.24 bits per heavy atom. The molecule has 1 aromatic carbocycles. The van der Waals surface area contributed by atoms with Gasteiger partial charge in [0.2, 0.25) is 0 Å². The molecule has 2 rings (SSSR count). The summed E-state index contributed by atoms with van der Waals surface area (Å²) in [5.41, 5.74) is 5.98. The van der Waals surface area contributed by atoms with E-state index in [1.807, 2.05) is 11.7 Å². The predicted molar refractivity (Wildman–Crippen MR) is 70.5 cm³/mol. The maximum Gasteiger partial charge on any atom is 0.0652 e. The van der Waals surface area contributed by atoms with Crippen LogP contribution in [0.2, 0.25) is 0 Å². The van der Waals surface area contributed by atoms with Gasteiger partial charge in [0.05, 0.1) is 11.4 Å². The second-order valence-corrected chi connectivity index (χ2v) is 4.41. The van der Waals surface area contributed by atoms with Gasteiger partial charge in [-0.05, 0) is 51.1 Å². The molecule has 0 atom stereocenters. The van der Waals surface area contributed by atoms with E-state index in [1.54, 1.807) is 0 Å². The summed E-state index contributed by atoms with van der Waals surface area (Å²) in [5.74, 6) is 0. The van der Waals surface area contributed by atoms with Gasteiger partial charge in [-0.3, -0.25) is 0 Å². The van der Waals surface area contributed by atoms with E-state index in [-0.39, 0.29) is 0 Å². The highest BCUT2D eigenvalue weighted by atomic mass is 15.3. The molecule has 1 N–H and O–H groups in total. The third-order valence-corrected chi connectivity index (χ3v) is 3.19. The summed E-state index contributed by atoms with van der Waals surface area (Å²) in [4.78, 5) is 0. The van der Waals surface area contributed by atoms with Crippen LogP contribution in [-0.2, 0) is 6.54 Å². The highest BCUT2D eigenvalue weighted by Gasteiger charge is 2.08. The molecule has 0 amide bonds. The van der Waals surface area contributed by atoms with E-state index in [0.717, 1.165) is 17.9 Å². The van der Waals surface area contributed by atoms with Crippen LogP contribution in [0.1, 0.15) is 22.5 Å². The Bertz CT molecular complexity index is 526. The molecule has 2 aromatic rings. The minimum atomic E-state index is 0.881. The summed E-state index contributed by atoms with van der Waals surface area (Å²) >= 11 is 0. The van der Waals surface area contributed by atoms with Gasteiger partial charge in [-0.1, -0.05) is 12.1 Å². The highest BCUT2D eigenvalue weighted by Crippen LogP contribution is 2.17. The smallest absolute Gasteiger partial charge is 0.0652 e. The van der Waals surface area contributed by atoms with E-state index in [9.17, 15) is 0 Å². The molecule has 17 heavy (non-hydrogen) atoms. The maximum absolute atomic E-state index is 4.58. The summed E-state index contributed by atoms with van der Waals surface area (Å²) < 4.78 is 2.02. The SMILES string of the molecule is CNCc1cccc(-n2nc(C)c(C)c2C)c1. The Morgan fingerprint density at radius 3 is 2.59 bits per heavy atom. The van der Waals surface area contributed by atoms with Gasteiger partial charge in [0.25, 0.3) is 0 Å². The van der Waals surface area contributed by atoms with E-state index < -0.39 is 0 Å². The van der Waals surface area contributed by atoms with Crippen molar-refractivity contribution in [3.8, 4) is 5.69 Å². The zero-order valence-corrected chi connectivity index (χ0v) is 10.9. The first-order valence-electron chi connectivity index (χ1n) is 5.90. The van der Waals surface area contributed by atoms with Crippen molar-refractivity contribution in [2.75, 3.05) is 7.05 Å². The van der Waals surface area contributed by atoms with Crippen molar-refractivity contribution in [3.63, 3.8) is 0 Å². The largest absolute Gasteiger partial charge is 0.316 e. The van der Waals surface area contributed by atoms with Crippen LogP contribution in [0.25, 0.3) is 5.69 Å². The predicted octanol–water partition coefficient (Wildman–Crippen LogP) is 2.52. The van der Waals surface area contributed by atoms with Crippen LogP contribution in [0, 0.1) is 20.8 Å². The standard InChI is InChI=1S/C14H19N3/c1-10-11(2)16-17(12(10)3)14-7-5-6-13(8-14)9-15-4/h5-8,15H,9H2,1-4H3. The molecule has 0 unspecified atom stereocenters. The summed E-state index contributed by atoms with van der Waals surface area (Å²) in [5, 5.41) is 7.74. The maximum atomic E-state index is 4.58. The van der Waals surface area contributed by atoms with Gasteiger partial charge in [-0.2, -0.15) is 5.10 Å². The second-order valence-electron chi connectivity index (χ2n) is 4.41. The molecule has 1 aromatic heterocycles. The van der Waals surface area contributed by atoms with Crippen molar-refractivity contribution in [2.45, 2.75) is 27.3 Å². The van der Waals surface area contributed by atoms with Crippen LogP contribution in [0.3, 0.4) is 0 Å². The van der Waals surface area contributed by atoms with Crippen LogP contribution in [0.15, 0.2) is 24.3 Å². The fourth-order valence-electron chi connectivity index (χ4n) is 1.97. The van der Waals surface area contributed by atoms with Gasteiger partial charge in [0.1, 0.15) is 0 Å². The van der Waals surface area contributed by atoms with Crippen molar-refractivity contribution < 1.29 is 0 Å². The van der Waals surface area contributed by atoms with Crippen molar-refractivity contribution in [2.24, 2.45) is 0 Å². The summed E-state index contributed by atoms with van der Waals surface area (Å²) in [6, 6.07) is 8.47. The topological polar surface area (TPSA) is 29.9 Å². The lowest BCUT2D eigenvalue weighted by molar-refractivity contribution is 0.803. The number of hydrogen-bond donors (Lipinski definition) is 1. The van der Waals surface area contributed by atoms with Crippen molar-refractivity contribution in [1.82, 2.24) is 15.1 Å². The Kier molecular flexibility index (Phi) is 3.29. The normalized spacial score (nSPS) is 10.8. The summed E-state index contributed by atoms with van der Waals surface area (Å²) in [6.45, 7) is 7.16. The first-order chi connectivity index (χ1) is 8.13. The summed E-state index contributed by atoms with van der Waals surface area (Å²) in [6.07, 6.45) is 0. The first kappa shape index (κ1) is 11.9. The molecule has 3 heteroatoms. The van der Waals surface area contributed by atoms with Crippen LogP contribution in [0.5, 0.6) is 0 Å². The molecule has 0 saturated heterocycles. The van der Waals surface area contributed by atoms with Gasteiger partial charge < -0.3 is 5.32 Å². The third-order valence-electron chi connectivity index (χ3n) is 3.19. The van der Waals surface area contributed by atoms with Gasteiger partial charge >= 0.3 is 0 Å². The molecule has 0 spiro atoms. The molecule has 0 radical (unpaired) electrons. The molecular weight excluding hydrogens is 210 g/mol. The molecule has 0 aliphatic carbocycles. The Balaban J connectivity index is 2.45. The fraction of sp³-hybridized carbons (Fsp3) is 0.357. The second kappa shape index (κ2) is 4.72. The van der Waals surface area contributed by atoms with Gasteiger partial charge in [-0.15, -0.1) is 0 Å². The number of aromatic nitrogens is 2. The molecule has 0 fully saturated rings. The molecule has 90 valence electrons. The van der Waals surface area contributed by atoms with Gasteiger partial charge in [0.15, 0.2) is 0 Å². The zero-order chi connectivity index (χ0) is 12.4. The highest BCUT2D eigenvalue weighted by molar-refractivity contribution is 5.39. The zero-order valence-electron chi connectivity index (χ0n) is 10.9.